The molecule has 0 radical (unpaired) electrons. The van der Waals surface area contributed by atoms with Gasteiger partial charge in [0.1, 0.15) is 35.5 Å². The number of piperidine rings is 2. The Morgan fingerprint density at radius 2 is 1.70 bits per heavy atom. The van der Waals surface area contributed by atoms with Crippen LogP contribution in [0, 0.1) is 0 Å². The van der Waals surface area contributed by atoms with Crippen molar-refractivity contribution in [1.82, 2.24) is 40.0 Å². The zero-order chi connectivity index (χ0) is 46.8. The Bertz CT molecular complexity index is 2820. The first-order valence-electron chi connectivity index (χ1n) is 22.4. The van der Waals surface area contributed by atoms with Gasteiger partial charge in [0, 0.05) is 101 Å². The number of rotatable bonds is 15. The van der Waals surface area contributed by atoms with E-state index >= 15 is 0 Å². The lowest BCUT2D eigenvalue weighted by molar-refractivity contribution is -0.136. The van der Waals surface area contributed by atoms with E-state index in [0.717, 1.165) is 88.3 Å². The number of carbonyl (C=O) groups excluding carboxylic acids is 3. The summed E-state index contributed by atoms with van der Waals surface area (Å²) in [6, 6.07) is 13.0. The Morgan fingerprint density at radius 1 is 0.910 bits per heavy atom. The molecule has 0 spiro atoms. The second-order valence-corrected chi connectivity index (χ2v) is 19.7. The van der Waals surface area contributed by atoms with Crippen molar-refractivity contribution in [3.8, 4) is 11.5 Å². The van der Waals surface area contributed by atoms with E-state index in [1.807, 2.05) is 12.1 Å². The lowest BCUT2D eigenvalue weighted by atomic mass is 9.99. The van der Waals surface area contributed by atoms with Gasteiger partial charge < -0.3 is 29.9 Å². The summed E-state index contributed by atoms with van der Waals surface area (Å²) < 4.78 is 39.9. The molecule has 9 rings (SSSR count). The fourth-order valence-corrected chi connectivity index (χ4v) is 10.3. The van der Waals surface area contributed by atoms with Gasteiger partial charge in [-0.15, -0.1) is 0 Å². The Labute approximate surface area is 397 Å². The molecule has 5 aromatic rings. The van der Waals surface area contributed by atoms with E-state index in [9.17, 15) is 22.8 Å². The van der Waals surface area contributed by atoms with Crippen LogP contribution in [0.3, 0.4) is 0 Å². The van der Waals surface area contributed by atoms with Crippen LogP contribution in [0.1, 0.15) is 54.1 Å². The van der Waals surface area contributed by atoms with Crippen LogP contribution in [0.2, 0.25) is 0 Å². The number of halogens is 1. The molecule has 2 aromatic heterocycles. The van der Waals surface area contributed by atoms with E-state index in [4.69, 9.17) is 14.5 Å². The maximum atomic E-state index is 13.1. The van der Waals surface area contributed by atoms with Crippen molar-refractivity contribution < 1.29 is 32.3 Å². The topological polar surface area (TPSA) is 216 Å². The Balaban J connectivity index is 0.771. The number of sulfonamides is 1. The first-order valence-corrected chi connectivity index (χ1v) is 25.1. The lowest BCUT2D eigenvalue weighted by Gasteiger charge is -2.43. The first kappa shape index (κ1) is 46.0. The predicted octanol–water partition coefficient (Wildman–Crippen LogP) is 5.04. The molecule has 3 saturated heterocycles. The number of nitrogens with zero attached hydrogens (tertiary/aromatic N) is 8. The molecule has 19 nitrogen and oxygen atoms in total. The number of carbonyl (C=O) groups is 3. The first-order chi connectivity index (χ1) is 32.3. The third kappa shape index (κ3) is 10.2. The molecule has 4 aliphatic rings. The molecule has 1 unspecified atom stereocenters. The van der Waals surface area contributed by atoms with Gasteiger partial charge >= 0.3 is 0 Å². The normalized spacial score (nSPS) is 18.5. The van der Waals surface area contributed by atoms with Gasteiger partial charge in [0.15, 0.2) is 0 Å². The monoisotopic (exact) mass is 996 g/mol. The minimum atomic E-state index is -3.65. The Kier molecular flexibility index (Phi) is 13.4. The van der Waals surface area contributed by atoms with Crippen molar-refractivity contribution >= 4 is 89.2 Å². The van der Waals surface area contributed by atoms with Crippen molar-refractivity contribution in [2.75, 3.05) is 86.0 Å². The van der Waals surface area contributed by atoms with Crippen LogP contribution < -0.4 is 35.0 Å². The standard InChI is InChI=1S/C46H53BrN12O7S/c1-4-28-24-36(52-46-50-26-33(47)43(54-46)51-35-8-7-34-41(49-14-13-48-34)42(35)55-67(3,63)64)39(65-2)25-38(28)58-15-11-30(12-16-58)57-19-17-56(18-20-57)21-22-66-31-5-6-32-29(23-31)27-59(45(32)62)37-9-10-40(60)53-44(37)61/h5-8,13-14,23-26,30,37,55H,4,9-12,15-22,27H2,1-3H3,(H,53,60,61)(H2,50,51,52,54). The van der Waals surface area contributed by atoms with Crippen molar-refractivity contribution in [3.05, 3.63) is 82.2 Å². The van der Waals surface area contributed by atoms with Gasteiger partial charge in [-0.2, -0.15) is 4.98 Å². The molecular weight excluding hydrogens is 945 g/mol. The fraction of sp³-hybridized carbons (Fsp3) is 0.413. The second-order valence-electron chi connectivity index (χ2n) is 17.1. The molecule has 0 bridgehead atoms. The van der Waals surface area contributed by atoms with E-state index in [1.54, 1.807) is 42.6 Å². The van der Waals surface area contributed by atoms with Crippen LogP contribution in [0.15, 0.2) is 65.5 Å². The molecule has 3 aromatic carbocycles. The second kappa shape index (κ2) is 19.6. The van der Waals surface area contributed by atoms with Crippen LogP contribution in [-0.4, -0.2) is 139 Å². The molecule has 21 heteroatoms. The average molecular weight is 998 g/mol. The number of ether oxygens (including phenoxy) is 2. The predicted molar refractivity (Wildman–Crippen MR) is 258 cm³/mol. The van der Waals surface area contributed by atoms with Crippen LogP contribution >= 0.6 is 15.9 Å². The number of aryl methyl sites for hydroxylation is 1. The molecule has 6 heterocycles. The maximum absolute atomic E-state index is 13.1. The molecule has 4 N–H and O–H groups in total. The minimum absolute atomic E-state index is 0.188. The summed E-state index contributed by atoms with van der Waals surface area (Å²) in [5.41, 5.74) is 6.06. The largest absolute Gasteiger partial charge is 0.494 e. The van der Waals surface area contributed by atoms with Crippen LogP contribution in [0.4, 0.5) is 34.5 Å². The number of hydrogen-bond donors (Lipinski definition) is 4. The zero-order valence-electron chi connectivity index (χ0n) is 37.5. The Morgan fingerprint density at radius 3 is 2.45 bits per heavy atom. The summed E-state index contributed by atoms with van der Waals surface area (Å²) in [4.78, 5) is 64.2. The van der Waals surface area contributed by atoms with Crippen molar-refractivity contribution in [3.63, 3.8) is 0 Å². The van der Waals surface area contributed by atoms with Gasteiger partial charge in [-0.25, -0.2) is 13.4 Å². The molecule has 67 heavy (non-hydrogen) atoms. The average Bonchev–Trinajstić information content (AvgIpc) is 3.65. The number of piperazine rings is 1. The molecule has 4 aliphatic heterocycles. The SMILES string of the molecule is CCc1cc(Nc2ncc(Br)c(Nc3ccc4nccnc4c3NS(C)(=O)=O)n2)c(OC)cc1N1CCC(N2CCN(CCOc3ccc4c(c3)CN(C3CCC(=O)NC3=O)C4=O)CC2)CC1. The van der Waals surface area contributed by atoms with Gasteiger partial charge in [-0.3, -0.25) is 44.2 Å². The number of nitrogens with one attached hydrogen (secondary N) is 4. The zero-order valence-corrected chi connectivity index (χ0v) is 40.0. The van der Waals surface area contributed by atoms with Crippen LogP contribution in [0.25, 0.3) is 11.0 Å². The van der Waals surface area contributed by atoms with E-state index in [0.29, 0.717) is 75.6 Å². The smallest absolute Gasteiger partial charge is 0.255 e. The number of hydrogen-bond acceptors (Lipinski definition) is 16. The molecule has 1 atom stereocenters. The van der Waals surface area contributed by atoms with Gasteiger partial charge in [0.25, 0.3) is 5.91 Å². The summed E-state index contributed by atoms with van der Waals surface area (Å²) in [6.45, 7) is 9.60. The third-order valence-electron chi connectivity index (χ3n) is 12.9. The molecule has 0 saturated carbocycles. The highest BCUT2D eigenvalue weighted by molar-refractivity contribution is 9.10. The van der Waals surface area contributed by atoms with Gasteiger partial charge in [-0.05, 0) is 89.1 Å². The van der Waals surface area contributed by atoms with E-state index < -0.39 is 22.0 Å². The molecule has 3 amide bonds. The molecular formula is C46H53BrN12O7S. The number of benzene rings is 3. The van der Waals surface area contributed by atoms with E-state index in [1.165, 1.54) is 11.8 Å². The van der Waals surface area contributed by atoms with Crippen LogP contribution in [0.5, 0.6) is 11.5 Å². The summed E-state index contributed by atoms with van der Waals surface area (Å²) >= 11 is 3.54. The number of imide groups is 1. The van der Waals surface area contributed by atoms with Gasteiger partial charge in [0.2, 0.25) is 27.8 Å². The number of amides is 3. The van der Waals surface area contributed by atoms with Gasteiger partial charge in [0.05, 0.1) is 40.4 Å². The minimum Gasteiger partial charge on any atom is -0.494 e. The molecule has 0 aliphatic carbocycles. The summed E-state index contributed by atoms with van der Waals surface area (Å²) in [7, 11) is -2.00. The van der Waals surface area contributed by atoms with Crippen molar-refractivity contribution in [1.29, 1.82) is 0 Å². The Hall–Kier alpha value is -6.16. The highest BCUT2D eigenvalue weighted by Crippen LogP contribution is 2.39. The molecule has 3 fully saturated rings. The number of fused-ring (bicyclic) bond motifs is 2. The highest BCUT2D eigenvalue weighted by atomic mass is 79.9. The third-order valence-corrected chi connectivity index (χ3v) is 14.0. The number of aromatic nitrogens is 4. The number of anilines is 6. The van der Waals surface area contributed by atoms with E-state index in [-0.39, 0.29) is 23.9 Å². The quantitative estimate of drug-likeness (QED) is 0.101. The summed E-state index contributed by atoms with van der Waals surface area (Å²) in [5.74, 6) is 1.17. The van der Waals surface area contributed by atoms with Gasteiger partial charge in [-0.1, -0.05) is 6.92 Å². The van der Waals surface area contributed by atoms with Crippen molar-refractivity contribution in [2.45, 2.75) is 57.7 Å². The van der Waals surface area contributed by atoms with Crippen LogP contribution in [-0.2, 0) is 32.6 Å². The lowest BCUT2D eigenvalue weighted by Crippen LogP contribution is -2.53. The fourth-order valence-electron chi connectivity index (χ4n) is 9.41. The summed E-state index contributed by atoms with van der Waals surface area (Å²) in [6.07, 6.45) is 9.24. The number of methoxy groups -OCH3 is 1. The van der Waals surface area contributed by atoms with Crippen molar-refractivity contribution in [2.24, 2.45) is 0 Å². The molecule has 352 valence electrons. The highest BCUT2D eigenvalue weighted by Gasteiger charge is 2.39. The van der Waals surface area contributed by atoms with E-state index in [2.05, 4.69) is 85.3 Å². The summed E-state index contributed by atoms with van der Waals surface area (Å²) in [5, 5.41) is 8.94. The maximum Gasteiger partial charge on any atom is 0.255 e.